The van der Waals surface area contributed by atoms with Gasteiger partial charge in [0.1, 0.15) is 0 Å². The summed E-state index contributed by atoms with van der Waals surface area (Å²) in [6.45, 7) is 5.08. The van der Waals surface area contributed by atoms with E-state index in [2.05, 4.69) is 12.2 Å². The van der Waals surface area contributed by atoms with Crippen molar-refractivity contribution in [3.05, 3.63) is 34.9 Å². The molecule has 2 unspecified atom stereocenters. The molecule has 0 radical (unpaired) electrons. The molecule has 2 fully saturated rings. The van der Waals surface area contributed by atoms with Crippen molar-refractivity contribution in [3.8, 4) is 0 Å². The van der Waals surface area contributed by atoms with Crippen LogP contribution >= 0.6 is 11.6 Å². The zero-order chi connectivity index (χ0) is 16.4. The Bertz CT molecular complexity index is 652. The number of rotatable bonds is 3. The molecule has 0 spiro atoms. The Kier molecular flexibility index (Phi) is 5.28. The zero-order valence-corrected chi connectivity index (χ0v) is 15.0. The van der Waals surface area contributed by atoms with E-state index in [0.29, 0.717) is 43.7 Å². The standard InChI is InChI=1S/C16H24ClN3O2S/c1-13-5-4-9-19(12-13)23(21,22)20-10-8-18-11-16(20)14-6-2-3-7-15(14)17/h2-3,6-7,13,16,18H,4-5,8-12H2,1H3. The molecule has 0 saturated carbocycles. The summed E-state index contributed by atoms with van der Waals surface area (Å²) in [5, 5.41) is 3.91. The first-order valence-corrected chi connectivity index (χ1v) is 9.99. The Labute approximate surface area is 143 Å². The predicted octanol–water partition coefficient (Wildman–Crippen LogP) is 2.26. The Hall–Kier alpha value is -0.660. The van der Waals surface area contributed by atoms with Crippen LogP contribution in [0.25, 0.3) is 0 Å². The maximum absolute atomic E-state index is 13.2. The van der Waals surface area contributed by atoms with Gasteiger partial charge < -0.3 is 5.32 Å². The number of piperazine rings is 1. The van der Waals surface area contributed by atoms with E-state index in [1.807, 2.05) is 24.3 Å². The number of hydrogen-bond acceptors (Lipinski definition) is 3. The first kappa shape index (κ1) is 17.2. The number of halogens is 1. The number of piperidine rings is 1. The highest BCUT2D eigenvalue weighted by molar-refractivity contribution is 7.86. The largest absolute Gasteiger partial charge is 0.313 e. The molecule has 1 aromatic rings. The van der Waals surface area contributed by atoms with Crippen molar-refractivity contribution in [2.24, 2.45) is 5.92 Å². The van der Waals surface area contributed by atoms with Crippen LogP contribution < -0.4 is 5.32 Å². The lowest BCUT2D eigenvalue weighted by atomic mass is 10.0. The number of hydrogen-bond donors (Lipinski definition) is 1. The molecule has 2 saturated heterocycles. The van der Waals surface area contributed by atoms with E-state index in [1.165, 1.54) is 0 Å². The minimum absolute atomic E-state index is 0.250. The van der Waals surface area contributed by atoms with E-state index in [0.717, 1.165) is 18.4 Å². The van der Waals surface area contributed by atoms with Crippen molar-refractivity contribution in [2.75, 3.05) is 32.7 Å². The summed E-state index contributed by atoms with van der Waals surface area (Å²) in [5.41, 5.74) is 0.870. The maximum Gasteiger partial charge on any atom is 0.282 e. The minimum Gasteiger partial charge on any atom is -0.313 e. The Balaban J connectivity index is 1.90. The van der Waals surface area contributed by atoms with E-state index >= 15 is 0 Å². The molecule has 0 bridgehead atoms. The second-order valence-electron chi connectivity index (χ2n) is 6.47. The molecule has 0 amide bonds. The lowest BCUT2D eigenvalue weighted by Crippen LogP contribution is -2.54. The Morgan fingerprint density at radius 2 is 2.04 bits per heavy atom. The lowest BCUT2D eigenvalue weighted by molar-refractivity contribution is 0.220. The number of benzene rings is 1. The van der Waals surface area contributed by atoms with Gasteiger partial charge in [-0.2, -0.15) is 17.0 Å². The molecule has 3 rings (SSSR count). The van der Waals surface area contributed by atoms with Gasteiger partial charge in [0.05, 0.1) is 6.04 Å². The van der Waals surface area contributed by atoms with Gasteiger partial charge in [-0.15, -0.1) is 0 Å². The van der Waals surface area contributed by atoms with Crippen LogP contribution in [0.4, 0.5) is 0 Å². The fourth-order valence-electron chi connectivity index (χ4n) is 3.48. The molecule has 1 aromatic carbocycles. The summed E-state index contributed by atoms with van der Waals surface area (Å²) < 4.78 is 29.6. The molecule has 2 heterocycles. The molecule has 2 aliphatic heterocycles. The summed E-state index contributed by atoms with van der Waals surface area (Å²) in [7, 11) is -3.46. The summed E-state index contributed by atoms with van der Waals surface area (Å²) in [6, 6.07) is 7.26. The average molecular weight is 358 g/mol. The zero-order valence-electron chi connectivity index (χ0n) is 13.4. The van der Waals surface area contributed by atoms with Crippen LogP contribution in [0.3, 0.4) is 0 Å². The van der Waals surface area contributed by atoms with E-state index in [1.54, 1.807) is 8.61 Å². The third kappa shape index (κ3) is 3.56. The van der Waals surface area contributed by atoms with Gasteiger partial charge in [0, 0.05) is 37.7 Å². The van der Waals surface area contributed by atoms with Gasteiger partial charge in [-0.3, -0.25) is 0 Å². The van der Waals surface area contributed by atoms with Gasteiger partial charge in [-0.25, -0.2) is 0 Å². The summed E-state index contributed by atoms with van der Waals surface area (Å²) in [5.74, 6) is 0.417. The van der Waals surface area contributed by atoms with E-state index < -0.39 is 10.2 Å². The van der Waals surface area contributed by atoms with Crippen LogP contribution in [0, 0.1) is 5.92 Å². The third-order valence-corrected chi connectivity index (χ3v) is 7.06. The molecule has 23 heavy (non-hydrogen) atoms. The molecule has 0 aromatic heterocycles. The van der Waals surface area contributed by atoms with Crippen molar-refractivity contribution in [1.82, 2.24) is 13.9 Å². The normalized spacial score (nSPS) is 27.9. The van der Waals surface area contributed by atoms with Gasteiger partial charge >= 0.3 is 0 Å². The molecule has 2 atom stereocenters. The summed E-state index contributed by atoms with van der Waals surface area (Å²) in [6.07, 6.45) is 2.03. The SMILES string of the molecule is CC1CCCN(S(=O)(=O)N2CCNCC2c2ccccc2Cl)C1. The summed E-state index contributed by atoms with van der Waals surface area (Å²) >= 11 is 6.32. The fraction of sp³-hybridized carbons (Fsp3) is 0.625. The highest BCUT2D eigenvalue weighted by atomic mass is 35.5. The van der Waals surface area contributed by atoms with Crippen LogP contribution in [-0.4, -0.2) is 49.8 Å². The van der Waals surface area contributed by atoms with E-state index in [9.17, 15) is 8.42 Å². The molecule has 5 nitrogen and oxygen atoms in total. The third-order valence-electron chi connectivity index (χ3n) is 4.70. The van der Waals surface area contributed by atoms with Crippen molar-refractivity contribution in [3.63, 3.8) is 0 Å². The number of nitrogens with zero attached hydrogens (tertiary/aromatic N) is 2. The topological polar surface area (TPSA) is 52.7 Å². The van der Waals surface area contributed by atoms with Gasteiger partial charge in [-0.1, -0.05) is 36.7 Å². The van der Waals surface area contributed by atoms with Crippen LogP contribution in [0.15, 0.2) is 24.3 Å². The van der Waals surface area contributed by atoms with Gasteiger partial charge in [0.15, 0.2) is 0 Å². The smallest absolute Gasteiger partial charge is 0.282 e. The van der Waals surface area contributed by atoms with Gasteiger partial charge in [0.25, 0.3) is 10.2 Å². The molecular formula is C16H24ClN3O2S. The number of nitrogens with one attached hydrogen (secondary N) is 1. The monoisotopic (exact) mass is 357 g/mol. The molecule has 1 N–H and O–H groups in total. The fourth-order valence-corrected chi connectivity index (χ4v) is 5.67. The van der Waals surface area contributed by atoms with Crippen LogP contribution in [0.1, 0.15) is 31.4 Å². The van der Waals surface area contributed by atoms with Crippen molar-refractivity contribution < 1.29 is 8.42 Å². The van der Waals surface area contributed by atoms with Crippen molar-refractivity contribution in [1.29, 1.82) is 0 Å². The molecule has 7 heteroatoms. The Morgan fingerprint density at radius 3 is 2.78 bits per heavy atom. The highest BCUT2D eigenvalue weighted by Gasteiger charge is 2.39. The predicted molar refractivity (Wildman–Crippen MR) is 92.7 cm³/mol. The lowest BCUT2D eigenvalue weighted by Gasteiger charge is -2.40. The average Bonchev–Trinajstić information content (AvgIpc) is 2.55. The molecule has 128 valence electrons. The van der Waals surface area contributed by atoms with Gasteiger partial charge in [-0.05, 0) is 30.4 Å². The van der Waals surface area contributed by atoms with Crippen LogP contribution in [0.5, 0.6) is 0 Å². The van der Waals surface area contributed by atoms with Crippen LogP contribution in [-0.2, 0) is 10.2 Å². The van der Waals surface area contributed by atoms with Crippen molar-refractivity contribution in [2.45, 2.75) is 25.8 Å². The quantitative estimate of drug-likeness (QED) is 0.902. The molecular weight excluding hydrogens is 334 g/mol. The van der Waals surface area contributed by atoms with Crippen molar-refractivity contribution >= 4 is 21.8 Å². The van der Waals surface area contributed by atoms with Gasteiger partial charge in [0.2, 0.25) is 0 Å². The Morgan fingerprint density at radius 1 is 1.26 bits per heavy atom. The minimum atomic E-state index is -3.46. The van der Waals surface area contributed by atoms with Crippen LogP contribution in [0.2, 0.25) is 5.02 Å². The molecule has 0 aliphatic carbocycles. The first-order valence-electron chi connectivity index (χ1n) is 8.22. The second kappa shape index (κ2) is 7.07. The van der Waals surface area contributed by atoms with E-state index in [-0.39, 0.29) is 6.04 Å². The summed E-state index contributed by atoms with van der Waals surface area (Å²) in [4.78, 5) is 0. The first-order chi connectivity index (χ1) is 11.0. The molecule has 2 aliphatic rings. The van der Waals surface area contributed by atoms with E-state index in [4.69, 9.17) is 11.6 Å². The maximum atomic E-state index is 13.2. The highest BCUT2D eigenvalue weighted by Crippen LogP contribution is 2.32. The second-order valence-corrected chi connectivity index (χ2v) is 8.75.